The Morgan fingerprint density at radius 2 is 1.41 bits per heavy atom. The Bertz CT molecular complexity index is 2640. The van der Waals surface area contributed by atoms with Crippen LogP contribution in [0.1, 0.15) is 120 Å². The van der Waals surface area contributed by atoms with Crippen LogP contribution in [0.5, 0.6) is 0 Å². The molecule has 0 spiro atoms. The number of hydrogen-bond acceptors (Lipinski definition) is 16. The van der Waals surface area contributed by atoms with Gasteiger partial charge in [0.25, 0.3) is 0 Å². The minimum Gasteiger partial charge on any atom is -0.462 e. The molecular formula is C61H74N2O15. The van der Waals surface area contributed by atoms with Gasteiger partial charge in [0, 0.05) is 29.7 Å². The number of carbonyl (C=O) groups is 7. The van der Waals surface area contributed by atoms with Gasteiger partial charge in [-0.3, -0.25) is 24.5 Å². The highest BCUT2D eigenvalue weighted by atomic mass is 16.6. The Hall–Kier alpha value is -6.81. The fourth-order valence-electron chi connectivity index (χ4n) is 10.9. The minimum atomic E-state index is -0.846. The van der Waals surface area contributed by atoms with Gasteiger partial charge in [-0.15, -0.1) is 6.42 Å². The minimum absolute atomic E-state index is 0.0326. The summed E-state index contributed by atoms with van der Waals surface area (Å²) in [5.74, 6) is -0.482. The predicted octanol–water partition coefficient (Wildman–Crippen LogP) is 7.51. The van der Waals surface area contributed by atoms with E-state index in [-0.39, 0.29) is 86.9 Å². The molecule has 0 radical (unpaired) electrons. The Kier molecular flexibility index (Phi) is 23.1. The number of esters is 4. The molecule has 17 nitrogen and oxygen atoms in total. The molecule has 17 heteroatoms. The van der Waals surface area contributed by atoms with E-state index in [2.05, 4.69) is 37.0 Å². The molecule has 1 amide bonds. The number of terminal acetylenes is 1. The molecule has 3 aromatic carbocycles. The number of nitrogens with one attached hydrogen (secondary N) is 2. The average Bonchev–Trinajstić information content (AvgIpc) is 4.00. The number of amides is 1. The van der Waals surface area contributed by atoms with Gasteiger partial charge in [0.2, 0.25) is 5.91 Å². The molecule has 2 fully saturated rings. The number of aryl methyl sites for hydroxylation is 1. The van der Waals surface area contributed by atoms with Gasteiger partial charge in [-0.05, 0) is 136 Å². The maximum absolute atomic E-state index is 13.4. The molecule has 6 rings (SSSR count). The molecule has 3 aromatic rings. The lowest BCUT2D eigenvalue weighted by atomic mass is 9.45. The van der Waals surface area contributed by atoms with Crippen LogP contribution < -0.4 is 10.6 Å². The first-order valence-electron chi connectivity index (χ1n) is 26.8. The molecule has 3 unspecified atom stereocenters. The fraction of sp³-hybridized carbons (Fsp3) is 0.492. The van der Waals surface area contributed by atoms with E-state index in [0.717, 1.165) is 17.6 Å². The van der Waals surface area contributed by atoms with E-state index in [9.17, 15) is 38.7 Å². The second-order valence-corrected chi connectivity index (χ2v) is 20.6. The van der Waals surface area contributed by atoms with Crippen LogP contribution in [0.25, 0.3) is 0 Å². The molecule has 0 saturated heterocycles. The molecule has 1 heterocycles. The quantitative estimate of drug-likeness (QED) is 0.0141. The summed E-state index contributed by atoms with van der Waals surface area (Å²) in [5.41, 5.74) is 3.25. The standard InChI is InChI=1S/C61H74N2O15/c1-6-29-72-32-33-73-34-35-74-36-37-75-55(67)40-62-39-54(66)63-47-21-19-44(20-22-47)56(68)43-15-17-45(18-16-43)57(69)76-30-8-7-9-48(64)24-27-61(5)52-23-12-42(3)50(60(52,4)28-25-53(61)65)38-51(49-26-31-77-59(49)71)78-58(70)46-13-10-41(2)11-14-46/h1,10-11,13-22,26,50-53,62,65H,3,7-9,12,23-25,27-40H2,2,4-5H3,(H,63,66)/t50-,51?,52?,53?,60+,61+/m1/s1. The highest BCUT2D eigenvalue weighted by molar-refractivity contribution is 6.09. The topological polar surface area (TPSA) is 228 Å². The summed E-state index contributed by atoms with van der Waals surface area (Å²) in [5, 5.41) is 17.1. The van der Waals surface area contributed by atoms with Gasteiger partial charge in [0.15, 0.2) is 5.78 Å². The van der Waals surface area contributed by atoms with Crippen molar-refractivity contribution in [1.29, 1.82) is 0 Å². The van der Waals surface area contributed by atoms with Crippen LogP contribution in [0.2, 0.25) is 0 Å². The summed E-state index contributed by atoms with van der Waals surface area (Å²) < 4.78 is 37.7. The van der Waals surface area contributed by atoms with Crippen LogP contribution in [0.4, 0.5) is 5.69 Å². The third-order valence-electron chi connectivity index (χ3n) is 15.3. The van der Waals surface area contributed by atoms with Crippen LogP contribution in [-0.4, -0.2) is 131 Å². The van der Waals surface area contributed by atoms with Crippen molar-refractivity contribution in [3.63, 3.8) is 0 Å². The second-order valence-electron chi connectivity index (χ2n) is 20.6. The van der Waals surface area contributed by atoms with E-state index in [0.29, 0.717) is 106 Å². The predicted molar refractivity (Wildman–Crippen MR) is 289 cm³/mol. The van der Waals surface area contributed by atoms with Crippen LogP contribution >= 0.6 is 0 Å². The zero-order valence-electron chi connectivity index (χ0n) is 45.1. The number of allylic oxidation sites excluding steroid dienone is 1. The molecule has 1 aliphatic heterocycles. The Morgan fingerprint density at radius 3 is 2.08 bits per heavy atom. The van der Waals surface area contributed by atoms with Crippen molar-refractivity contribution < 1.29 is 71.8 Å². The number of fused-ring (bicyclic) bond motifs is 1. The number of cyclic esters (lactones) is 1. The van der Waals surface area contributed by atoms with E-state index in [1.54, 1.807) is 42.5 Å². The van der Waals surface area contributed by atoms with Crippen molar-refractivity contribution in [1.82, 2.24) is 5.32 Å². The number of Topliss-reactive ketones (excluding diaryl/α,β-unsaturated/α-hetero) is 1. The summed E-state index contributed by atoms with van der Waals surface area (Å²) in [4.78, 5) is 90.3. The average molecular weight is 1080 g/mol. The van der Waals surface area contributed by atoms with Crippen LogP contribution in [-0.2, 0) is 52.3 Å². The fourth-order valence-corrected chi connectivity index (χ4v) is 10.9. The Balaban J connectivity index is 0.877. The first-order valence-corrected chi connectivity index (χ1v) is 26.8. The van der Waals surface area contributed by atoms with E-state index < -0.39 is 47.4 Å². The normalized spacial score (nSPS) is 21.0. The first kappa shape index (κ1) is 60.4. The van der Waals surface area contributed by atoms with E-state index in [4.69, 9.17) is 39.6 Å². The van der Waals surface area contributed by atoms with Crippen molar-refractivity contribution >= 4 is 47.0 Å². The molecule has 0 bridgehead atoms. The molecule has 2 aliphatic carbocycles. The third-order valence-corrected chi connectivity index (χ3v) is 15.3. The van der Waals surface area contributed by atoms with Gasteiger partial charge in [-0.2, -0.15) is 0 Å². The number of hydrogen-bond donors (Lipinski definition) is 3. The van der Waals surface area contributed by atoms with E-state index in [1.807, 2.05) is 19.1 Å². The molecule has 3 N–H and O–H groups in total. The van der Waals surface area contributed by atoms with Crippen LogP contribution in [0.3, 0.4) is 0 Å². The molecule has 418 valence electrons. The van der Waals surface area contributed by atoms with Crippen molar-refractivity contribution in [2.75, 3.05) is 77.9 Å². The molecular weight excluding hydrogens is 1000 g/mol. The molecule has 78 heavy (non-hydrogen) atoms. The van der Waals surface area contributed by atoms with Gasteiger partial charge >= 0.3 is 23.9 Å². The smallest absolute Gasteiger partial charge is 0.338 e. The number of ether oxygens (including phenoxy) is 7. The maximum atomic E-state index is 13.4. The molecule has 0 aromatic heterocycles. The number of unbranched alkanes of at least 4 members (excludes halogenated alkanes) is 1. The molecule has 6 atom stereocenters. The number of aliphatic hydroxyl groups excluding tert-OH is 1. The van der Waals surface area contributed by atoms with Gasteiger partial charge in [0.1, 0.15) is 31.7 Å². The van der Waals surface area contributed by atoms with Crippen molar-refractivity contribution in [3.8, 4) is 12.3 Å². The number of aliphatic hydroxyl groups is 1. The van der Waals surface area contributed by atoms with Crippen molar-refractivity contribution in [2.45, 2.75) is 97.2 Å². The van der Waals surface area contributed by atoms with E-state index in [1.165, 1.54) is 24.3 Å². The van der Waals surface area contributed by atoms with Crippen LogP contribution in [0, 0.1) is 41.9 Å². The van der Waals surface area contributed by atoms with Crippen molar-refractivity contribution in [2.24, 2.45) is 22.7 Å². The number of rotatable bonds is 31. The number of ketones is 2. The summed E-state index contributed by atoms with van der Waals surface area (Å²) in [6.07, 6.45) is 10.5. The van der Waals surface area contributed by atoms with Crippen LogP contribution in [0.15, 0.2) is 96.6 Å². The lowest BCUT2D eigenvalue weighted by molar-refractivity contribution is -0.145. The summed E-state index contributed by atoms with van der Waals surface area (Å²) in [6.45, 7) is 12.6. The first-order chi connectivity index (χ1) is 37.5. The third kappa shape index (κ3) is 17.1. The zero-order valence-corrected chi connectivity index (χ0v) is 45.1. The molecule has 3 aliphatic rings. The Labute approximate surface area is 457 Å². The summed E-state index contributed by atoms with van der Waals surface area (Å²) in [7, 11) is 0. The summed E-state index contributed by atoms with van der Waals surface area (Å²) >= 11 is 0. The lowest BCUT2D eigenvalue weighted by Crippen LogP contribution is -2.56. The largest absolute Gasteiger partial charge is 0.462 e. The zero-order chi connectivity index (χ0) is 56.1. The highest BCUT2D eigenvalue weighted by Gasteiger charge is 2.58. The van der Waals surface area contributed by atoms with Gasteiger partial charge in [-0.1, -0.05) is 61.7 Å². The molecule has 2 saturated carbocycles. The second kappa shape index (κ2) is 29.8. The van der Waals surface area contributed by atoms with Gasteiger partial charge in [0.05, 0.1) is 75.5 Å². The lowest BCUT2D eigenvalue weighted by Gasteiger charge is -2.60. The summed E-state index contributed by atoms with van der Waals surface area (Å²) in [6, 6.07) is 19.5. The number of benzene rings is 3. The van der Waals surface area contributed by atoms with Crippen molar-refractivity contribution in [3.05, 3.63) is 124 Å². The SMILES string of the molecule is C#CCOCCOCCOCCOC(=O)CNCC(=O)Nc1ccc(C(=O)c2ccc(C(=O)OCCCCC(=O)CC[C@]3(C)C(O)CC[C@]4(C)C3CCC(=C)[C@H]4CC(OC(=O)c3ccc(C)cc3)C3=CCOC3=O)cc2)cc1. The Morgan fingerprint density at radius 1 is 0.782 bits per heavy atom. The maximum Gasteiger partial charge on any atom is 0.338 e. The van der Waals surface area contributed by atoms with Gasteiger partial charge in [-0.25, -0.2) is 14.4 Å². The highest BCUT2D eigenvalue weighted by Crippen LogP contribution is 2.63. The number of anilines is 1. The van der Waals surface area contributed by atoms with E-state index >= 15 is 0 Å². The number of carbonyl (C=O) groups excluding carboxylic acids is 7. The monoisotopic (exact) mass is 1070 g/mol. The van der Waals surface area contributed by atoms with Gasteiger partial charge < -0.3 is 43.6 Å².